The fraction of sp³-hybridized carbons (Fsp3) is 0.429. The Morgan fingerprint density at radius 1 is 0.895 bits per heavy atom. The van der Waals surface area contributed by atoms with E-state index >= 15 is 0 Å². The first kappa shape index (κ1) is 11.2. The molecule has 0 fully saturated rings. The van der Waals surface area contributed by atoms with Crippen molar-refractivity contribution in [3.63, 3.8) is 0 Å². The standard InChI is InChI=1S/C7H6N8O4/c16-14(17)6-8-4-5-9-7(15(18)19)11-13(5)3-1-2-12(4)10-6/h1-3H2. The maximum atomic E-state index is 10.6. The Bertz CT molecular complexity index is 629. The lowest BCUT2D eigenvalue weighted by molar-refractivity contribution is -0.394. The van der Waals surface area contributed by atoms with Crippen molar-refractivity contribution in [3.8, 4) is 11.6 Å². The molecule has 0 aromatic carbocycles. The van der Waals surface area contributed by atoms with Gasteiger partial charge in [-0.2, -0.15) is 9.36 Å². The Balaban J connectivity index is 2.17. The maximum absolute atomic E-state index is 10.6. The number of rotatable bonds is 2. The van der Waals surface area contributed by atoms with Gasteiger partial charge < -0.3 is 20.2 Å². The highest BCUT2D eigenvalue weighted by atomic mass is 16.6. The lowest BCUT2D eigenvalue weighted by Crippen LogP contribution is -2.02. The summed E-state index contributed by atoms with van der Waals surface area (Å²) in [6.07, 6.45) is 0.570. The van der Waals surface area contributed by atoms with Crippen molar-refractivity contribution in [2.75, 3.05) is 0 Å². The molecule has 0 spiro atoms. The molecule has 0 radical (unpaired) electrons. The van der Waals surface area contributed by atoms with E-state index in [-0.39, 0.29) is 11.6 Å². The summed E-state index contributed by atoms with van der Waals surface area (Å²) in [5.41, 5.74) is 0. The van der Waals surface area contributed by atoms with E-state index in [9.17, 15) is 20.2 Å². The van der Waals surface area contributed by atoms with E-state index in [0.717, 1.165) is 0 Å². The molecule has 0 bridgehead atoms. The number of nitrogens with zero attached hydrogens (tertiary/aromatic N) is 8. The highest BCUT2D eigenvalue weighted by Gasteiger charge is 2.34. The lowest BCUT2D eigenvalue weighted by atomic mass is 10.4. The molecular formula is C7H6N8O4. The molecule has 2 aromatic heterocycles. The van der Waals surface area contributed by atoms with Gasteiger partial charge in [0.1, 0.15) is 0 Å². The summed E-state index contributed by atoms with van der Waals surface area (Å²) in [6.45, 7) is 0.823. The average Bonchev–Trinajstić information content (AvgIpc) is 2.91. The van der Waals surface area contributed by atoms with Gasteiger partial charge in [-0.15, -0.1) is 0 Å². The molecule has 0 saturated heterocycles. The van der Waals surface area contributed by atoms with Crippen LogP contribution in [0.25, 0.3) is 11.6 Å². The summed E-state index contributed by atoms with van der Waals surface area (Å²) in [4.78, 5) is 27.3. The van der Waals surface area contributed by atoms with Gasteiger partial charge in [0.2, 0.25) is 0 Å². The van der Waals surface area contributed by atoms with Crippen LogP contribution in [-0.2, 0) is 13.1 Å². The van der Waals surface area contributed by atoms with Gasteiger partial charge in [-0.05, 0) is 26.2 Å². The third-order valence-corrected chi connectivity index (χ3v) is 2.59. The maximum Gasteiger partial charge on any atom is 0.491 e. The fourth-order valence-corrected chi connectivity index (χ4v) is 1.83. The predicted molar refractivity (Wildman–Crippen MR) is 57.0 cm³/mol. The molecule has 98 valence electrons. The van der Waals surface area contributed by atoms with Gasteiger partial charge >= 0.3 is 23.5 Å². The quantitative estimate of drug-likeness (QED) is 0.533. The van der Waals surface area contributed by atoms with Gasteiger partial charge in [-0.25, -0.2) is 0 Å². The van der Waals surface area contributed by atoms with E-state index in [1.807, 2.05) is 0 Å². The monoisotopic (exact) mass is 266 g/mol. The second-order valence-corrected chi connectivity index (χ2v) is 3.78. The molecular weight excluding hydrogens is 260 g/mol. The van der Waals surface area contributed by atoms with Crippen molar-refractivity contribution in [2.24, 2.45) is 0 Å². The molecule has 0 unspecified atom stereocenters. The van der Waals surface area contributed by atoms with Crippen molar-refractivity contribution >= 4 is 11.9 Å². The van der Waals surface area contributed by atoms with Crippen LogP contribution in [0.5, 0.6) is 0 Å². The zero-order valence-electron chi connectivity index (χ0n) is 9.33. The molecule has 2 aromatic rings. The molecule has 12 nitrogen and oxygen atoms in total. The molecule has 12 heteroatoms. The summed E-state index contributed by atoms with van der Waals surface area (Å²) in [6, 6.07) is 0. The van der Waals surface area contributed by atoms with Crippen LogP contribution in [0.15, 0.2) is 0 Å². The SMILES string of the molecule is O=[N+]([O-])c1nc2n(n1)CCCn1nc([N+](=O)[O-])nc1-2. The average molecular weight is 266 g/mol. The number of aryl methyl sites for hydroxylation is 2. The van der Waals surface area contributed by atoms with Gasteiger partial charge in [0.25, 0.3) is 0 Å². The molecule has 3 rings (SSSR count). The Morgan fingerprint density at radius 3 is 1.68 bits per heavy atom. The van der Waals surface area contributed by atoms with Crippen LogP contribution in [0.2, 0.25) is 0 Å². The minimum atomic E-state index is -0.725. The van der Waals surface area contributed by atoms with Crippen molar-refractivity contribution in [1.29, 1.82) is 0 Å². The molecule has 19 heavy (non-hydrogen) atoms. The summed E-state index contributed by atoms with van der Waals surface area (Å²) >= 11 is 0. The van der Waals surface area contributed by atoms with Crippen LogP contribution in [0.4, 0.5) is 11.9 Å². The second-order valence-electron chi connectivity index (χ2n) is 3.78. The van der Waals surface area contributed by atoms with Crippen molar-refractivity contribution in [2.45, 2.75) is 19.5 Å². The summed E-state index contributed by atoms with van der Waals surface area (Å²) < 4.78 is 2.63. The van der Waals surface area contributed by atoms with Gasteiger partial charge in [0, 0.05) is 10.2 Å². The first-order chi connectivity index (χ1) is 9.06. The molecule has 0 aliphatic carbocycles. The molecule has 0 N–H and O–H groups in total. The Hall–Kier alpha value is -2.92. The minimum absolute atomic E-state index is 0.116. The van der Waals surface area contributed by atoms with Crippen LogP contribution in [0.1, 0.15) is 6.42 Å². The van der Waals surface area contributed by atoms with Gasteiger partial charge in [-0.3, -0.25) is 0 Å². The van der Waals surface area contributed by atoms with Crippen molar-refractivity contribution in [1.82, 2.24) is 29.5 Å². The minimum Gasteiger partial charge on any atom is -0.390 e. The van der Waals surface area contributed by atoms with E-state index in [2.05, 4.69) is 20.2 Å². The first-order valence-electron chi connectivity index (χ1n) is 5.25. The molecule has 1 aliphatic heterocycles. The third kappa shape index (κ3) is 1.69. The predicted octanol–water partition coefficient (Wildman–Crippen LogP) is -0.243. The fourth-order valence-electron chi connectivity index (χ4n) is 1.83. The van der Waals surface area contributed by atoms with E-state index in [1.54, 1.807) is 0 Å². The molecule has 3 heterocycles. The van der Waals surface area contributed by atoms with Gasteiger partial charge in [-0.1, -0.05) is 0 Å². The molecule has 0 saturated carbocycles. The summed E-state index contributed by atoms with van der Waals surface area (Å²) in [5, 5.41) is 28.7. The van der Waals surface area contributed by atoms with Gasteiger partial charge in [0.05, 0.1) is 13.1 Å². The largest absolute Gasteiger partial charge is 0.491 e. The van der Waals surface area contributed by atoms with E-state index in [0.29, 0.717) is 19.5 Å². The van der Waals surface area contributed by atoms with Gasteiger partial charge in [0.15, 0.2) is 0 Å². The molecule has 0 amide bonds. The van der Waals surface area contributed by atoms with E-state index in [4.69, 9.17) is 0 Å². The third-order valence-electron chi connectivity index (χ3n) is 2.59. The molecule has 0 atom stereocenters. The summed E-state index contributed by atoms with van der Waals surface area (Å²) in [5.74, 6) is -0.891. The zero-order valence-corrected chi connectivity index (χ0v) is 9.33. The van der Waals surface area contributed by atoms with Crippen LogP contribution < -0.4 is 0 Å². The number of hydrogen-bond donors (Lipinski definition) is 0. The van der Waals surface area contributed by atoms with Crippen molar-refractivity contribution in [3.05, 3.63) is 20.2 Å². The number of fused-ring (bicyclic) bond motifs is 3. The summed E-state index contributed by atoms with van der Waals surface area (Å²) in [7, 11) is 0. The smallest absolute Gasteiger partial charge is 0.390 e. The molecule has 1 aliphatic rings. The number of hydrogen-bond acceptors (Lipinski definition) is 8. The Kier molecular flexibility index (Phi) is 2.23. The van der Waals surface area contributed by atoms with E-state index in [1.165, 1.54) is 9.36 Å². The van der Waals surface area contributed by atoms with Crippen molar-refractivity contribution < 1.29 is 9.85 Å². The van der Waals surface area contributed by atoms with E-state index < -0.39 is 21.7 Å². The van der Waals surface area contributed by atoms with Crippen LogP contribution in [0.3, 0.4) is 0 Å². The number of aromatic nitrogens is 6. The topological polar surface area (TPSA) is 148 Å². The second kappa shape index (κ2) is 3.79. The lowest BCUT2D eigenvalue weighted by Gasteiger charge is -1.92. The first-order valence-corrected chi connectivity index (χ1v) is 5.25. The van der Waals surface area contributed by atoms with Crippen LogP contribution in [0, 0.1) is 20.2 Å². The Morgan fingerprint density at radius 2 is 1.32 bits per heavy atom. The normalized spacial score (nSPS) is 13.5. The highest BCUT2D eigenvalue weighted by Crippen LogP contribution is 2.23. The van der Waals surface area contributed by atoms with Crippen LogP contribution >= 0.6 is 0 Å². The Labute approximate surface area is 104 Å². The highest BCUT2D eigenvalue weighted by molar-refractivity contribution is 5.47. The van der Waals surface area contributed by atoms with Crippen LogP contribution in [-0.4, -0.2) is 39.4 Å². The zero-order chi connectivity index (χ0) is 13.6. The number of nitro groups is 2.